The topological polar surface area (TPSA) is 20.2 Å². The quantitative estimate of drug-likeness (QED) is 0.589. The summed E-state index contributed by atoms with van der Waals surface area (Å²) in [5.74, 6) is 0.625. The van der Waals surface area contributed by atoms with E-state index in [0.29, 0.717) is 5.92 Å². The third-order valence-corrected chi connectivity index (χ3v) is 0.813. The van der Waals surface area contributed by atoms with Gasteiger partial charge < -0.3 is 5.11 Å². The summed E-state index contributed by atoms with van der Waals surface area (Å²) in [6, 6.07) is 0. The van der Waals surface area contributed by atoms with Crippen LogP contribution in [0.4, 0.5) is 4.70 Å². The Kier molecular flexibility index (Phi) is 6.80. The molecule has 0 aliphatic carbocycles. The first kappa shape index (κ1) is 10.8. The summed E-state index contributed by atoms with van der Waals surface area (Å²) >= 11 is 0. The molecular formula is C6H15FO. The fraction of sp³-hybridized carbons (Fsp3) is 1.00. The molecule has 1 N–H and O–H groups in total. The maximum atomic E-state index is 8.72. The van der Waals surface area contributed by atoms with Crippen molar-refractivity contribution < 1.29 is 9.81 Å². The van der Waals surface area contributed by atoms with Gasteiger partial charge in [0.1, 0.15) is 0 Å². The third-order valence-electron chi connectivity index (χ3n) is 0.813. The van der Waals surface area contributed by atoms with Gasteiger partial charge in [0, 0.05) is 0 Å². The maximum Gasteiger partial charge on any atom is 0.0514 e. The molecule has 0 fully saturated rings. The van der Waals surface area contributed by atoms with Gasteiger partial charge in [0.25, 0.3) is 0 Å². The highest BCUT2D eigenvalue weighted by Gasteiger charge is 1.97. The molecule has 0 aromatic rings. The Morgan fingerprint density at radius 1 is 1.25 bits per heavy atom. The summed E-state index contributed by atoms with van der Waals surface area (Å²) in [4.78, 5) is 0. The van der Waals surface area contributed by atoms with Crippen molar-refractivity contribution in [2.24, 2.45) is 5.92 Å². The first-order valence-corrected chi connectivity index (χ1v) is 2.81. The molecule has 0 heterocycles. The zero-order valence-electron chi connectivity index (χ0n) is 5.72. The maximum absolute atomic E-state index is 8.72. The molecule has 0 spiro atoms. The fourth-order valence-corrected chi connectivity index (χ4v) is 0.682. The van der Waals surface area contributed by atoms with Gasteiger partial charge in [-0.3, -0.25) is 4.70 Å². The van der Waals surface area contributed by atoms with Crippen LogP contribution in [0.25, 0.3) is 0 Å². The molecule has 0 saturated heterocycles. The normalized spacial score (nSPS) is 13.1. The highest BCUT2D eigenvalue weighted by Crippen LogP contribution is 2.01. The number of halogens is 1. The van der Waals surface area contributed by atoms with Crippen LogP contribution in [-0.4, -0.2) is 11.2 Å². The van der Waals surface area contributed by atoms with Crippen molar-refractivity contribution in [1.29, 1.82) is 0 Å². The molecule has 0 aliphatic rings. The van der Waals surface area contributed by atoms with Gasteiger partial charge in [-0.15, -0.1) is 0 Å². The van der Waals surface area contributed by atoms with Crippen LogP contribution in [0.15, 0.2) is 0 Å². The minimum atomic E-state index is -0.125. The standard InChI is InChI=1S/C6H14O.FH/c1-5(2)4-6(3)7;/h5-7H,4H2,1-3H3;1H. The van der Waals surface area contributed by atoms with Gasteiger partial charge >= 0.3 is 0 Å². The van der Waals surface area contributed by atoms with Gasteiger partial charge in [0.2, 0.25) is 0 Å². The minimum Gasteiger partial charge on any atom is -0.393 e. The molecule has 52 valence electrons. The largest absolute Gasteiger partial charge is 0.393 e. The molecule has 2 heteroatoms. The zero-order chi connectivity index (χ0) is 5.86. The van der Waals surface area contributed by atoms with Gasteiger partial charge in [0.05, 0.1) is 6.10 Å². The number of rotatable bonds is 2. The summed E-state index contributed by atoms with van der Waals surface area (Å²) in [7, 11) is 0. The van der Waals surface area contributed by atoms with Crippen molar-refractivity contribution in [2.45, 2.75) is 33.3 Å². The van der Waals surface area contributed by atoms with E-state index in [2.05, 4.69) is 13.8 Å². The lowest BCUT2D eigenvalue weighted by atomic mass is 10.1. The first-order chi connectivity index (χ1) is 3.13. The van der Waals surface area contributed by atoms with E-state index in [9.17, 15) is 0 Å². The number of hydrogen-bond acceptors (Lipinski definition) is 1. The predicted octanol–water partition coefficient (Wildman–Crippen LogP) is 1.57. The number of aliphatic hydroxyl groups is 1. The molecule has 0 aromatic heterocycles. The van der Waals surface area contributed by atoms with Crippen molar-refractivity contribution >= 4 is 0 Å². The van der Waals surface area contributed by atoms with E-state index < -0.39 is 0 Å². The number of hydrogen-bond donors (Lipinski definition) is 1. The summed E-state index contributed by atoms with van der Waals surface area (Å²) in [6.45, 7) is 6.03. The molecule has 1 atom stereocenters. The average Bonchev–Trinajstić information content (AvgIpc) is 1.27. The van der Waals surface area contributed by atoms with E-state index in [4.69, 9.17) is 5.11 Å². The van der Waals surface area contributed by atoms with Crippen LogP contribution in [0.3, 0.4) is 0 Å². The van der Waals surface area contributed by atoms with Gasteiger partial charge in [0.15, 0.2) is 0 Å². The van der Waals surface area contributed by atoms with Crippen LogP contribution in [0.5, 0.6) is 0 Å². The Bertz CT molecular complexity index is 37.8. The summed E-state index contributed by atoms with van der Waals surface area (Å²) in [6.07, 6.45) is 0.792. The fourth-order valence-electron chi connectivity index (χ4n) is 0.682. The molecule has 0 radical (unpaired) electrons. The molecule has 0 bridgehead atoms. The molecule has 1 unspecified atom stereocenters. The van der Waals surface area contributed by atoms with Gasteiger partial charge in [-0.2, -0.15) is 0 Å². The molecule has 0 saturated carbocycles. The smallest absolute Gasteiger partial charge is 0.0514 e. The van der Waals surface area contributed by atoms with E-state index in [1.54, 1.807) is 0 Å². The highest BCUT2D eigenvalue weighted by molar-refractivity contribution is 4.49. The van der Waals surface area contributed by atoms with Crippen LogP contribution >= 0.6 is 0 Å². The van der Waals surface area contributed by atoms with Crippen molar-refractivity contribution in [3.05, 3.63) is 0 Å². The summed E-state index contributed by atoms with van der Waals surface area (Å²) in [5, 5.41) is 8.72. The van der Waals surface area contributed by atoms with Crippen LogP contribution in [0.2, 0.25) is 0 Å². The second-order valence-corrected chi connectivity index (χ2v) is 2.48. The molecule has 0 aromatic carbocycles. The monoisotopic (exact) mass is 122 g/mol. The second kappa shape index (κ2) is 5.04. The molecule has 0 rings (SSSR count). The van der Waals surface area contributed by atoms with E-state index in [1.807, 2.05) is 6.92 Å². The van der Waals surface area contributed by atoms with Crippen molar-refractivity contribution in [1.82, 2.24) is 0 Å². The third kappa shape index (κ3) is 9.31. The van der Waals surface area contributed by atoms with E-state index in [0.717, 1.165) is 6.42 Å². The second-order valence-electron chi connectivity index (χ2n) is 2.48. The lowest BCUT2D eigenvalue weighted by molar-refractivity contribution is 0.168. The van der Waals surface area contributed by atoms with Crippen LogP contribution < -0.4 is 0 Å². The Morgan fingerprint density at radius 2 is 1.62 bits per heavy atom. The Morgan fingerprint density at radius 3 is 1.62 bits per heavy atom. The van der Waals surface area contributed by atoms with Gasteiger partial charge in [-0.25, -0.2) is 0 Å². The molecular weight excluding hydrogens is 107 g/mol. The lowest BCUT2D eigenvalue weighted by Crippen LogP contribution is -2.03. The Balaban J connectivity index is 0. The van der Waals surface area contributed by atoms with Crippen LogP contribution in [-0.2, 0) is 0 Å². The van der Waals surface area contributed by atoms with E-state index >= 15 is 0 Å². The van der Waals surface area contributed by atoms with Gasteiger partial charge in [-0.1, -0.05) is 13.8 Å². The number of aliphatic hydroxyl groups excluding tert-OH is 1. The van der Waals surface area contributed by atoms with E-state index in [-0.39, 0.29) is 10.8 Å². The Hall–Kier alpha value is -0.110. The van der Waals surface area contributed by atoms with Crippen LogP contribution in [0, 0.1) is 5.92 Å². The van der Waals surface area contributed by atoms with E-state index in [1.165, 1.54) is 0 Å². The SMILES string of the molecule is CC(C)CC(C)O.F. The molecule has 0 amide bonds. The average molecular weight is 122 g/mol. The van der Waals surface area contributed by atoms with Crippen LogP contribution in [0.1, 0.15) is 27.2 Å². The Labute approximate surface area is 50.1 Å². The molecule has 0 aliphatic heterocycles. The van der Waals surface area contributed by atoms with Crippen molar-refractivity contribution in [3.8, 4) is 0 Å². The zero-order valence-corrected chi connectivity index (χ0v) is 5.72. The lowest BCUT2D eigenvalue weighted by Gasteiger charge is -2.04. The first-order valence-electron chi connectivity index (χ1n) is 2.81. The molecule has 1 nitrogen and oxygen atoms in total. The van der Waals surface area contributed by atoms with Crippen molar-refractivity contribution in [2.75, 3.05) is 0 Å². The molecule has 8 heavy (non-hydrogen) atoms. The van der Waals surface area contributed by atoms with Gasteiger partial charge in [-0.05, 0) is 19.3 Å². The summed E-state index contributed by atoms with van der Waals surface area (Å²) in [5.41, 5.74) is 0. The minimum absolute atomic E-state index is 0. The van der Waals surface area contributed by atoms with Crippen molar-refractivity contribution in [3.63, 3.8) is 0 Å². The predicted molar refractivity (Wildman–Crippen MR) is 33.6 cm³/mol. The summed E-state index contributed by atoms with van der Waals surface area (Å²) < 4.78 is 0. The highest BCUT2D eigenvalue weighted by atomic mass is 19.0.